The van der Waals surface area contributed by atoms with Crippen molar-refractivity contribution in [2.45, 2.75) is 0 Å². The summed E-state index contributed by atoms with van der Waals surface area (Å²) in [5.41, 5.74) is 1.35. The summed E-state index contributed by atoms with van der Waals surface area (Å²) in [7, 11) is 0. The topological polar surface area (TPSA) is 34.9 Å². The summed E-state index contributed by atoms with van der Waals surface area (Å²) in [4.78, 5) is 10.9. The summed E-state index contributed by atoms with van der Waals surface area (Å²) >= 11 is 6.64. The molecule has 2 rings (SSSR count). The minimum atomic E-state index is 0.591. The fraction of sp³-hybridized carbons (Fsp3) is 0. The van der Waals surface area contributed by atoms with Gasteiger partial charge in [-0.05, 0) is 44.0 Å². The molecule has 1 heterocycles. The number of carbonyl (C=O) groups is 1. The van der Waals surface area contributed by atoms with Crippen LogP contribution in [0.15, 0.2) is 39.5 Å². The van der Waals surface area contributed by atoms with Crippen LogP contribution in [0.4, 0.5) is 0 Å². The van der Waals surface area contributed by atoms with Crippen LogP contribution in [0, 0.1) is 0 Å². The van der Waals surface area contributed by atoms with Crippen LogP contribution in [-0.4, -0.2) is 16.1 Å². The quantitative estimate of drug-likeness (QED) is 0.793. The molecule has 0 atom stereocenters. The number of halogens is 2. The Morgan fingerprint density at radius 2 is 2.13 bits per heavy atom. The third-order valence-electron chi connectivity index (χ3n) is 1.95. The van der Waals surface area contributed by atoms with Crippen LogP contribution in [0.2, 0.25) is 0 Å². The van der Waals surface area contributed by atoms with E-state index in [4.69, 9.17) is 0 Å². The summed E-state index contributed by atoms with van der Waals surface area (Å²) in [6.07, 6.45) is 4.29. The molecular weight excluding hydrogens is 324 g/mol. The fourth-order valence-corrected chi connectivity index (χ4v) is 2.01. The van der Waals surface area contributed by atoms with Gasteiger partial charge in [-0.15, -0.1) is 0 Å². The van der Waals surface area contributed by atoms with Crippen molar-refractivity contribution in [3.63, 3.8) is 0 Å². The van der Waals surface area contributed by atoms with Gasteiger partial charge in [0.25, 0.3) is 0 Å². The first-order valence-electron chi connectivity index (χ1n) is 4.16. The lowest BCUT2D eigenvalue weighted by Crippen LogP contribution is -1.99. The van der Waals surface area contributed by atoms with Crippen molar-refractivity contribution in [2.24, 2.45) is 0 Å². The van der Waals surface area contributed by atoms with E-state index in [1.54, 1.807) is 17.1 Å². The van der Waals surface area contributed by atoms with Crippen molar-refractivity contribution in [3.8, 4) is 5.69 Å². The molecule has 0 unspecified atom stereocenters. The van der Waals surface area contributed by atoms with Gasteiger partial charge in [0.2, 0.25) is 0 Å². The Kier molecular flexibility index (Phi) is 3.02. The lowest BCUT2D eigenvalue weighted by Gasteiger charge is -2.05. The highest BCUT2D eigenvalue weighted by molar-refractivity contribution is 9.10. The van der Waals surface area contributed by atoms with Gasteiger partial charge in [0.1, 0.15) is 0 Å². The van der Waals surface area contributed by atoms with Gasteiger partial charge < -0.3 is 0 Å². The van der Waals surface area contributed by atoms with E-state index < -0.39 is 0 Å². The van der Waals surface area contributed by atoms with Crippen molar-refractivity contribution < 1.29 is 4.79 Å². The summed E-state index contributed by atoms with van der Waals surface area (Å²) < 4.78 is 3.29. The first kappa shape index (κ1) is 10.6. The van der Waals surface area contributed by atoms with Crippen molar-refractivity contribution >= 4 is 38.1 Å². The van der Waals surface area contributed by atoms with E-state index in [1.807, 2.05) is 18.2 Å². The Bertz CT molecular complexity index is 508. The van der Waals surface area contributed by atoms with Crippen molar-refractivity contribution in [2.75, 3.05) is 0 Å². The highest BCUT2D eigenvalue weighted by Crippen LogP contribution is 2.22. The molecule has 0 bridgehead atoms. The zero-order chi connectivity index (χ0) is 10.8. The van der Waals surface area contributed by atoms with Crippen LogP contribution >= 0.6 is 31.9 Å². The number of carbonyl (C=O) groups excluding carboxylic acids is 1. The average Bonchev–Trinajstić information content (AvgIpc) is 2.64. The molecule has 0 aliphatic heterocycles. The summed E-state index contributed by atoms with van der Waals surface area (Å²) in [6, 6.07) is 5.53. The molecule has 0 amide bonds. The monoisotopic (exact) mass is 328 g/mol. The molecule has 0 fully saturated rings. The maximum absolute atomic E-state index is 10.9. The molecule has 0 aliphatic carbocycles. The van der Waals surface area contributed by atoms with Gasteiger partial charge in [0.05, 0.1) is 21.9 Å². The van der Waals surface area contributed by atoms with Crippen molar-refractivity contribution in [1.82, 2.24) is 9.78 Å². The number of aromatic nitrogens is 2. The highest BCUT2D eigenvalue weighted by Gasteiger charge is 2.08. The molecule has 15 heavy (non-hydrogen) atoms. The number of rotatable bonds is 2. The zero-order valence-electron chi connectivity index (χ0n) is 7.52. The number of aldehydes is 1. The molecule has 0 N–H and O–H groups in total. The molecule has 1 aromatic heterocycles. The predicted octanol–water partition coefficient (Wildman–Crippen LogP) is 3.21. The standard InChI is InChI=1S/C10H6Br2N2O/c11-7-4-13-14(5-7)10-3-1-2-9(12)8(10)6-15/h1-6H. The third kappa shape index (κ3) is 2.03. The molecule has 0 saturated carbocycles. The van der Waals surface area contributed by atoms with Gasteiger partial charge in [0, 0.05) is 10.7 Å². The minimum Gasteiger partial charge on any atom is -0.298 e. The van der Waals surface area contributed by atoms with Crippen molar-refractivity contribution in [3.05, 3.63) is 45.1 Å². The number of nitrogens with zero attached hydrogens (tertiary/aromatic N) is 2. The SMILES string of the molecule is O=Cc1c(Br)cccc1-n1cc(Br)cn1. The van der Waals surface area contributed by atoms with E-state index >= 15 is 0 Å². The van der Waals surface area contributed by atoms with E-state index in [9.17, 15) is 4.79 Å². The molecule has 5 heteroatoms. The highest BCUT2D eigenvalue weighted by atomic mass is 79.9. The lowest BCUT2D eigenvalue weighted by molar-refractivity contribution is 0.112. The molecule has 0 saturated heterocycles. The molecular formula is C10H6Br2N2O. The Morgan fingerprint density at radius 1 is 1.33 bits per heavy atom. The second-order valence-corrected chi connectivity index (χ2v) is 4.66. The smallest absolute Gasteiger partial charge is 0.153 e. The van der Waals surface area contributed by atoms with Gasteiger partial charge >= 0.3 is 0 Å². The second kappa shape index (κ2) is 4.28. The first-order chi connectivity index (χ1) is 7.22. The first-order valence-corrected chi connectivity index (χ1v) is 5.75. The number of hydrogen-bond donors (Lipinski definition) is 0. The molecule has 0 spiro atoms. The van der Waals surface area contributed by atoms with E-state index in [0.29, 0.717) is 5.56 Å². The van der Waals surface area contributed by atoms with Gasteiger partial charge in [0.15, 0.2) is 6.29 Å². The third-order valence-corrected chi connectivity index (χ3v) is 3.05. The van der Waals surface area contributed by atoms with Gasteiger partial charge in [-0.3, -0.25) is 4.79 Å². The Morgan fingerprint density at radius 3 is 2.73 bits per heavy atom. The molecule has 0 aliphatic rings. The second-order valence-electron chi connectivity index (χ2n) is 2.89. The van der Waals surface area contributed by atoms with Crippen LogP contribution in [0.3, 0.4) is 0 Å². The van der Waals surface area contributed by atoms with Crippen LogP contribution in [0.1, 0.15) is 10.4 Å². The summed E-state index contributed by atoms with van der Waals surface area (Å²) in [6.45, 7) is 0. The molecule has 3 nitrogen and oxygen atoms in total. The largest absolute Gasteiger partial charge is 0.298 e. The van der Waals surface area contributed by atoms with E-state index in [-0.39, 0.29) is 0 Å². The van der Waals surface area contributed by atoms with Crippen LogP contribution < -0.4 is 0 Å². The number of benzene rings is 1. The van der Waals surface area contributed by atoms with E-state index in [1.165, 1.54) is 0 Å². The number of hydrogen-bond acceptors (Lipinski definition) is 2. The van der Waals surface area contributed by atoms with Crippen LogP contribution in [0.5, 0.6) is 0 Å². The summed E-state index contributed by atoms with van der Waals surface area (Å²) in [5.74, 6) is 0. The lowest BCUT2D eigenvalue weighted by atomic mass is 10.2. The van der Waals surface area contributed by atoms with Crippen molar-refractivity contribution in [1.29, 1.82) is 0 Å². The van der Waals surface area contributed by atoms with Crippen LogP contribution in [0.25, 0.3) is 5.69 Å². The summed E-state index contributed by atoms with van der Waals surface area (Å²) in [5, 5.41) is 4.13. The maximum atomic E-state index is 10.9. The zero-order valence-corrected chi connectivity index (χ0v) is 10.7. The predicted molar refractivity (Wildman–Crippen MR) is 64.4 cm³/mol. The Balaban J connectivity index is 2.62. The molecule has 0 radical (unpaired) electrons. The Hall–Kier alpha value is -0.940. The van der Waals surface area contributed by atoms with Gasteiger partial charge in [-0.1, -0.05) is 6.07 Å². The minimum absolute atomic E-state index is 0.591. The van der Waals surface area contributed by atoms with Gasteiger partial charge in [-0.25, -0.2) is 4.68 Å². The normalized spacial score (nSPS) is 10.3. The van der Waals surface area contributed by atoms with Crippen LogP contribution in [-0.2, 0) is 0 Å². The Labute approximate surface area is 103 Å². The van der Waals surface area contributed by atoms with Gasteiger partial charge in [-0.2, -0.15) is 5.10 Å². The molecule has 1 aromatic carbocycles. The molecule has 76 valence electrons. The fourth-order valence-electron chi connectivity index (χ4n) is 1.27. The van der Waals surface area contributed by atoms with E-state index in [2.05, 4.69) is 37.0 Å². The molecule has 2 aromatic rings. The average molecular weight is 330 g/mol. The van der Waals surface area contributed by atoms with E-state index in [0.717, 1.165) is 20.9 Å². The maximum Gasteiger partial charge on any atom is 0.153 e.